The van der Waals surface area contributed by atoms with Crippen LogP contribution in [0.4, 0.5) is 0 Å². The molecule has 2 rings (SSSR count). The van der Waals surface area contributed by atoms with Crippen molar-refractivity contribution in [1.82, 2.24) is 20.6 Å². The highest BCUT2D eigenvalue weighted by atomic mass is 32.1. The maximum atomic E-state index is 5.63. The largest absolute Gasteiger partial charge is 0.475 e. The number of rotatable bonds is 8. The Morgan fingerprint density at radius 3 is 2.79 bits per heavy atom. The van der Waals surface area contributed by atoms with Gasteiger partial charge in [-0.05, 0) is 13.0 Å². The molecule has 2 heterocycles. The van der Waals surface area contributed by atoms with Crippen LogP contribution in [-0.2, 0) is 17.8 Å². The van der Waals surface area contributed by atoms with Gasteiger partial charge in [0.05, 0.1) is 13.2 Å². The smallest absolute Gasteiger partial charge is 0.218 e. The van der Waals surface area contributed by atoms with Gasteiger partial charge in [0.1, 0.15) is 11.6 Å². The van der Waals surface area contributed by atoms with Crippen LogP contribution in [0.5, 0.6) is 5.88 Å². The average Bonchev–Trinajstić information content (AvgIpc) is 3.02. The lowest BCUT2D eigenvalue weighted by Gasteiger charge is -2.13. The van der Waals surface area contributed by atoms with E-state index in [2.05, 4.69) is 25.6 Å². The topological polar surface area (TPSA) is 80.7 Å². The van der Waals surface area contributed by atoms with Gasteiger partial charge in [0.2, 0.25) is 5.88 Å². The van der Waals surface area contributed by atoms with Gasteiger partial charge in [-0.25, -0.2) is 9.97 Å². The van der Waals surface area contributed by atoms with Gasteiger partial charge in [0, 0.05) is 43.5 Å². The highest BCUT2D eigenvalue weighted by molar-refractivity contribution is 7.11. The van der Waals surface area contributed by atoms with Gasteiger partial charge in [-0.2, -0.15) is 0 Å². The zero-order chi connectivity index (χ0) is 17.2. The molecule has 0 atom stereocenters. The molecule has 7 nitrogen and oxygen atoms in total. The van der Waals surface area contributed by atoms with Crippen LogP contribution in [-0.4, -0.2) is 43.3 Å². The van der Waals surface area contributed by atoms with Crippen LogP contribution < -0.4 is 15.4 Å². The summed E-state index contributed by atoms with van der Waals surface area (Å²) in [7, 11) is 3.38. The lowest BCUT2D eigenvalue weighted by atomic mass is 10.2. The van der Waals surface area contributed by atoms with E-state index in [0.29, 0.717) is 38.1 Å². The number of methoxy groups -OCH3 is 1. The number of aromatic nitrogens is 2. The molecular formula is C16H23N5O2S. The minimum absolute atomic E-state index is 0.469. The predicted octanol–water partition coefficient (Wildman–Crippen LogP) is 1.74. The summed E-state index contributed by atoms with van der Waals surface area (Å²) in [6, 6.07) is 3.86. The van der Waals surface area contributed by atoms with Crippen LogP contribution >= 0.6 is 11.3 Å². The van der Waals surface area contributed by atoms with E-state index in [0.717, 1.165) is 10.6 Å². The molecule has 0 saturated carbocycles. The molecule has 0 saturated heterocycles. The predicted molar refractivity (Wildman–Crippen MR) is 95.5 cm³/mol. The maximum absolute atomic E-state index is 5.63. The molecule has 0 bridgehead atoms. The first-order chi connectivity index (χ1) is 11.7. The lowest BCUT2D eigenvalue weighted by molar-refractivity contribution is 0.143. The third kappa shape index (κ3) is 5.78. The lowest BCUT2D eigenvalue weighted by Crippen LogP contribution is -2.36. The van der Waals surface area contributed by atoms with Gasteiger partial charge in [0.25, 0.3) is 0 Å². The van der Waals surface area contributed by atoms with E-state index < -0.39 is 0 Å². The Labute approximate surface area is 146 Å². The number of hydrogen-bond acceptors (Lipinski definition) is 6. The molecule has 0 radical (unpaired) electrons. The normalized spacial score (nSPS) is 11.4. The van der Waals surface area contributed by atoms with Crippen LogP contribution in [0.2, 0.25) is 0 Å². The van der Waals surface area contributed by atoms with Crippen LogP contribution in [0.3, 0.4) is 0 Å². The summed E-state index contributed by atoms with van der Waals surface area (Å²) < 4.78 is 10.6. The first-order valence-corrected chi connectivity index (χ1v) is 8.46. The molecule has 0 aliphatic carbocycles. The van der Waals surface area contributed by atoms with Crippen LogP contribution in [0.15, 0.2) is 29.5 Å². The number of nitrogens with one attached hydrogen (secondary N) is 2. The van der Waals surface area contributed by atoms with E-state index in [9.17, 15) is 0 Å². The fraction of sp³-hybridized carbons (Fsp3) is 0.438. The highest BCUT2D eigenvalue weighted by Gasteiger charge is 2.06. The van der Waals surface area contributed by atoms with E-state index in [4.69, 9.17) is 9.47 Å². The molecule has 2 aromatic rings. The molecule has 0 aromatic carbocycles. The molecular weight excluding hydrogens is 326 g/mol. The Kier molecular flexibility index (Phi) is 7.44. The van der Waals surface area contributed by atoms with Crippen molar-refractivity contribution >= 4 is 17.3 Å². The molecule has 2 N–H and O–H groups in total. The van der Waals surface area contributed by atoms with E-state index in [1.54, 1.807) is 31.7 Å². The average molecular weight is 349 g/mol. The monoisotopic (exact) mass is 349 g/mol. The van der Waals surface area contributed by atoms with E-state index in [-0.39, 0.29) is 0 Å². The number of thiazole rings is 1. The van der Waals surface area contributed by atoms with Gasteiger partial charge < -0.3 is 20.1 Å². The quantitative estimate of drug-likeness (QED) is 0.429. The summed E-state index contributed by atoms with van der Waals surface area (Å²) in [6.07, 6.45) is 3.58. The summed E-state index contributed by atoms with van der Waals surface area (Å²) in [5.41, 5.74) is 0.960. The Morgan fingerprint density at radius 1 is 1.25 bits per heavy atom. The van der Waals surface area contributed by atoms with Gasteiger partial charge in [-0.1, -0.05) is 6.07 Å². The number of aliphatic imine (C=N–C) groups is 1. The standard InChI is InChI=1S/C16H23N5O2S/c1-12-9-19-14(24-12)11-21-16(17-2)20-10-13-5-4-6-18-15(13)23-8-7-22-3/h4-6,9H,7-8,10-11H2,1-3H3,(H2,17,20,21). The van der Waals surface area contributed by atoms with Crippen molar-refractivity contribution in [3.8, 4) is 5.88 Å². The third-order valence-electron chi connectivity index (χ3n) is 3.12. The summed E-state index contributed by atoms with van der Waals surface area (Å²) in [4.78, 5) is 14.0. The van der Waals surface area contributed by atoms with Crippen LogP contribution in [0.25, 0.3) is 0 Å². The van der Waals surface area contributed by atoms with Crippen molar-refractivity contribution in [3.05, 3.63) is 40.0 Å². The molecule has 0 aliphatic heterocycles. The van der Waals surface area contributed by atoms with Gasteiger partial charge in [-0.3, -0.25) is 4.99 Å². The minimum Gasteiger partial charge on any atom is -0.475 e. The van der Waals surface area contributed by atoms with Crippen molar-refractivity contribution < 1.29 is 9.47 Å². The van der Waals surface area contributed by atoms with Crippen molar-refractivity contribution in [2.75, 3.05) is 27.4 Å². The number of guanidine groups is 1. The molecule has 24 heavy (non-hydrogen) atoms. The number of pyridine rings is 1. The Bertz CT molecular complexity index is 659. The molecule has 0 aliphatic rings. The van der Waals surface area contributed by atoms with Crippen molar-refractivity contribution in [2.24, 2.45) is 4.99 Å². The molecule has 2 aromatic heterocycles. The second-order valence-electron chi connectivity index (χ2n) is 4.95. The van der Waals surface area contributed by atoms with Crippen LogP contribution in [0, 0.1) is 6.92 Å². The summed E-state index contributed by atoms with van der Waals surface area (Å²) >= 11 is 1.67. The van der Waals surface area contributed by atoms with E-state index in [1.807, 2.05) is 25.3 Å². The van der Waals surface area contributed by atoms with Crippen molar-refractivity contribution in [2.45, 2.75) is 20.0 Å². The fourth-order valence-electron chi connectivity index (χ4n) is 1.95. The fourth-order valence-corrected chi connectivity index (χ4v) is 2.68. The van der Waals surface area contributed by atoms with Crippen LogP contribution in [0.1, 0.15) is 15.4 Å². The molecule has 0 unspecified atom stereocenters. The molecule has 0 fully saturated rings. The van der Waals surface area contributed by atoms with Gasteiger partial charge in [-0.15, -0.1) is 11.3 Å². The zero-order valence-corrected chi connectivity index (χ0v) is 15.0. The molecule has 130 valence electrons. The number of ether oxygens (including phenoxy) is 2. The number of nitrogens with zero attached hydrogens (tertiary/aromatic N) is 3. The Hall–Kier alpha value is -2.19. The van der Waals surface area contributed by atoms with Crippen molar-refractivity contribution in [3.63, 3.8) is 0 Å². The molecule has 0 spiro atoms. The maximum Gasteiger partial charge on any atom is 0.218 e. The summed E-state index contributed by atoms with van der Waals surface area (Å²) in [5.74, 6) is 1.31. The molecule has 0 amide bonds. The van der Waals surface area contributed by atoms with E-state index >= 15 is 0 Å². The Morgan fingerprint density at radius 2 is 2.08 bits per heavy atom. The third-order valence-corrected chi connectivity index (χ3v) is 4.04. The SMILES string of the molecule is CN=C(NCc1ncc(C)s1)NCc1cccnc1OCCOC. The molecule has 8 heteroatoms. The van der Waals surface area contributed by atoms with Gasteiger partial charge in [0.15, 0.2) is 5.96 Å². The highest BCUT2D eigenvalue weighted by Crippen LogP contribution is 2.14. The second kappa shape index (κ2) is 9.84. The summed E-state index contributed by atoms with van der Waals surface area (Å²) in [6.45, 7) is 4.24. The second-order valence-corrected chi connectivity index (χ2v) is 6.27. The first-order valence-electron chi connectivity index (χ1n) is 7.64. The van der Waals surface area contributed by atoms with Gasteiger partial charge >= 0.3 is 0 Å². The minimum atomic E-state index is 0.469. The zero-order valence-electron chi connectivity index (χ0n) is 14.2. The first kappa shape index (κ1) is 18.2. The number of hydrogen-bond donors (Lipinski definition) is 2. The summed E-state index contributed by atoms with van der Waals surface area (Å²) in [5, 5.41) is 7.53. The van der Waals surface area contributed by atoms with E-state index in [1.165, 1.54) is 4.88 Å². The Balaban J connectivity index is 1.86. The van der Waals surface area contributed by atoms with Crippen molar-refractivity contribution in [1.29, 1.82) is 0 Å². The number of aryl methyl sites for hydroxylation is 1.